The first kappa shape index (κ1) is 67.6. The standard InChI is InChI=1S/C67H80ClN9O15/c1-39-18-17-25-54(88-10)67(86)33-53(90-64(84)72-67)40(2)62-66(4,92-62)55(32-59(81)75(7)51-29-42(28-39)30-52(87-9)61(51)68)91-63(83)41(3)74(6)60(82)36-71-58(80)35-70-57(79)34-69-56(78)26-27-77-44(31-43-19-11-16-24-50(43)77)37-73(5)76(8)65(85)89-38-49-47-22-14-12-20-45(47)46-21-13-15-23-48(46)49/h11-25,29-31,40-41,49,53-55,62,86H,26-28,32-38H2,1-10H3,(H,69,78)(H,70,79)(H,71,80)(H,72,84)/b25-17+,39-18+/t40-,41+,53+,54-,55+,62?,66+,67+/m1/s1. The molecule has 4 aliphatic rings. The van der Waals surface area contributed by atoms with Crippen molar-refractivity contribution < 1.29 is 71.9 Å². The minimum Gasteiger partial charge on any atom is -0.495 e. The van der Waals surface area contributed by atoms with Gasteiger partial charge in [0.2, 0.25) is 29.5 Å². The van der Waals surface area contributed by atoms with Crippen LogP contribution in [0.25, 0.3) is 22.0 Å². The Balaban J connectivity index is 0.758. The number of aryl methyl sites for hydroxylation is 1. The van der Waals surface area contributed by atoms with Gasteiger partial charge in [0.25, 0.3) is 0 Å². The smallest absolute Gasteiger partial charge is 0.424 e. The number of amides is 7. The van der Waals surface area contributed by atoms with Gasteiger partial charge >= 0.3 is 18.2 Å². The number of hydrogen-bond acceptors (Lipinski definition) is 16. The summed E-state index contributed by atoms with van der Waals surface area (Å²) in [5, 5.41) is 26.1. The summed E-state index contributed by atoms with van der Waals surface area (Å²) >= 11 is 6.83. The fourth-order valence-corrected chi connectivity index (χ4v) is 12.4. The highest BCUT2D eigenvalue weighted by molar-refractivity contribution is 6.35. The number of likely N-dealkylation sites (N-methyl/N-ethyl adjacent to an activating group) is 1. The molecule has 490 valence electrons. The number of rotatable bonds is 19. The summed E-state index contributed by atoms with van der Waals surface area (Å²) in [4.78, 5) is 110. The number of esters is 1. The van der Waals surface area contributed by atoms with Gasteiger partial charge in [-0.2, -0.15) is 0 Å². The van der Waals surface area contributed by atoms with Crippen molar-refractivity contribution in [2.45, 2.75) is 114 Å². The maximum atomic E-state index is 14.4. The van der Waals surface area contributed by atoms with Crippen LogP contribution in [-0.2, 0) is 72.0 Å². The summed E-state index contributed by atoms with van der Waals surface area (Å²) in [7, 11) is 9.11. The second kappa shape index (κ2) is 28.8. The first-order valence-electron chi connectivity index (χ1n) is 30.4. The maximum Gasteiger partial charge on any atom is 0.424 e. The number of hydrogen-bond donors (Lipinski definition) is 5. The molecule has 1 aliphatic carbocycles. The number of epoxide rings is 1. The molecule has 9 rings (SSSR count). The number of aromatic nitrogens is 1. The fourth-order valence-electron chi connectivity index (χ4n) is 12.1. The number of nitrogens with one attached hydrogen (secondary N) is 4. The van der Waals surface area contributed by atoms with E-state index in [1.165, 1.54) is 45.1 Å². The van der Waals surface area contributed by atoms with Crippen LogP contribution in [0.15, 0.2) is 115 Å². The molecule has 2 fully saturated rings. The molecule has 4 bridgehead atoms. The van der Waals surface area contributed by atoms with Gasteiger partial charge in [-0.05, 0) is 84.7 Å². The number of halogens is 1. The number of nitrogens with zero attached hydrogens (tertiary/aromatic N) is 5. The van der Waals surface area contributed by atoms with Crippen molar-refractivity contribution in [1.29, 1.82) is 0 Å². The van der Waals surface area contributed by atoms with Crippen LogP contribution in [0, 0.1) is 5.92 Å². The van der Waals surface area contributed by atoms with Crippen molar-refractivity contribution in [2.75, 3.05) is 73.6 Å². The summed E-state index contributed by atoms with van der Waals surface area (Å²) in [5.41, 5.74) is 4.82. The van der Waals surface area contributed by atoms with Crippen molar-refractivity contribution in [3.63, 3.8) is 0 Å². The normalized spacial score (nSPS) is 23.2. The first-order chi connectivity index (χ1) is 43.8. The number of fused-ring (bicyclic) bond motifs is 9. The average molecular weight is 1290 g/mol. The molecule has 0 saturated carbocycles. The van der Waals surface area contributed by atoms with Gasteiger partial charge in [-0.25, -0.2) is 24.4 Å². The highest BCUT2D eigenvalue weighted by Gasteiger charge is 2.64. The summed E-state index contributed by atoms with van der Waals surface area (Å²) < 4.78 is 37.3. The molecule has 8 atom stereocenters. The molecule has 5 N–H and O–H groups in total. The van der Waals surface area contributed by atoms with Crippen LogP contribution in [0.2, 0.25) is 5.02 Å². The second-order valence-corrected chi connectivity index (χ2v) is 24.4. The van der Waals surface area contributed by atoms with E-state index in [1.54, 1.807) is 57.2 Å². The van der Waals surface area contributed by atoms with Gasteiger partial charge in [-0.15, -0.1) is 0 Å². The van der Waals surface area contributed by atoms with Crippen LogP contribution < -0.4 is 30.9 Å². The van der Waals surface area contributed by atoms with Crippen LogP contribution in [-0.4, -0.2) is 183 Å². The van der Waals surface area contributed by atoms with Crippen LogP contribution >= 0.6 is 11.6 Å². The lowest BCUT2D eigenvalue weighted by molar-refractivity contribution is -0.161. The lowest BCUT2D eigenvalue weighted by atomic mass is 9.83. The number of benzene rings is 4. The Morgan fingerprint density at radius 1 is 0.880 bits per heavy atom. The highest BCUT2D eigenvalue weighted by Crippen LogP contribution is 2.50. The minimum absolute atomic E-state index is 0.00825. The van der Waals surface area contributed by atoms with Gasteiger partial charge in [-0.3, -0.25) is 29.3 Å². The molecule has 4 heterocycles. The molecule has 0 radical (unpaired) electrons. The van der Waals surface area contributed by atoms with Crippen molar-refractivity contribution >= 4 is 75.9 Å². The molecule has 25 heteroatoms. The van der Waals surface area contributed by atoms with Crippen molar-refractivity contribution in [3.8, 4) is 16.9 Å². The summed E-state index contributed by atoms with van der Waals surface area (Å²) in [5.74, 6) is -4.43. The zero-order valence-electron chi connectivity index (χ0n) is 53.3. The molecule has 7 amide bonds. The number of ether oxygens (including phenoxy) is 6. The van der Waals surface area contributed by atoms with Gasteiger partial charge < -0.3 is 63.8 Å². The van der Waals surface area contributed by atoms with E-state index >= 15 is 0 Å². The van der Waals surface area contributed by atoms with E-state index in [9.17, 15) is 43.5 Å². The fraction of sp³-hybridized carbons (Fsp3) is 0.433. The number of carbonyl (C=O) groups excluding carboxylic acids is 8. The van der Waals surface area contributed by atoms with E-state index < -0.39 is 121 Å². The predicted molar refractivity (Wildman–Crippen MR) is 341 cm³/mol. The van der Waals surface area contributed by atoms with E-state index in [4.69, 9.17) is 40.0 Å². The van der Waals surface area contributed by atoms with E-state index in [0.29, 0.717) is 24.4 Å². The molecule has 1 aromatic heterocycles. The molecule has 2 saturated heterocycles. The van der Waals surface area contributed by atoms with Crippen LogP contribution in [0.1, 0.15) is 75.3 Å². The van der Waals surface area contributed by atoms with Crippen molar-refractivity contribution in [2.24, 2.45) is 5.92 Å². The van der Waals surface area contributed by atoms with Gasteiger partial charge in [0.15, 0.2) is 5.72 Å². The maximum absolute atomic E-state index is 14.4. The van der Waals surface area contributed by atoms with Gasteiger partial charge in [0, 0.05) is 77.7 Å². The van der Waals surface area contributed by atoms with Gasteiger partial charge in [0.05, 0.1) is 51.5 Å². The summed E-state index contributed by atoms with van der Waals surface area (Å²) in [6.07, 6.45) is -0.494. The molecule has 4 aromatic carbocycles. The Morgan fingerprint density at radius 2 is 1.52 bits per heavy atom. The predicted octanol–water partition coefficient (Wildman–Crippen LogP) is 6.14. The lowest BCUT2D eigenvalue weighted by Crippen LogP contribution is -2.63. The lowest BCUT2D eigenvalue weighted by Gasteiger charge is -2.42. The molecule has 92 heavy (non-hydrogen) atoms. The number of alkyl carbamates (subject to hydrolysis) is 1. The Labute approximate surface area is 539 Å². The number of methoxy groups -OCH3 is 2. The SMILES string of the molecule is COc1cc2cc(c1Cl)N(C)C(=O)C[C@H](OC(=O)[C@H](C)N(C)C(=O)CNC(=O)CNC(=O)CNC(=O)CCn1c(CN(C)N(C)C(=O)OCC3c4ccccc4-c4ccccc43)cc3ccccc31)[C@]1(C)OC1[C@H](C)[C@@H]1C[C@@](O)(NC(=O)O1)[C@H](OC)/C=C/C=C(\C)C2. The number of para-hydroxylation sites is 1. The largest absolute Gasteiger partial charge is 0.495 e. The van der Waals surface area contributed by atoms with E-state index in [2.05, 4.69) is 45.5 Å². The number of allylic oxidation sites excluding steroid dienone is 3. The second-order valence-electron chi connectivity index (χ2n) is 24.0. The molecular weight excluding hydrogens is 1210 g/mol. The molecular formula is C67H80ClN9O15. The molecule has 3 aliphatic heterocycles. The van der Waals surface area contributed by atoms with Crippen LogP contribution in [0.5, 0.6) is 5.75 Å². The minimum atomic E-state index is -1.91. The Morgan fingerprint density at radius 3 is 2.20 bits per heavy atom. The molecule has 24 nitrogen and oxygen atoms in total. The summed E-state index contributed by atoms with van der Waals surface area (Å²) in [6.45, 7) is 5.82. The summed E-state index contributed by atoms with van der Waals surface area (Å²) in [6, 6.07) is 28.2. The Kier molecular flexibility index (Phi) is 21.1. The van der Waals surface area contributed by atoms with Crippen molar-refractivity contribution in [3.05, 3.63) is 142 Å². The van der Waals surface area contributed by atoms with E-state index in [0.717, 1.165) is 54.9 Å². The monoisotopic (exact) mass is 1290 g/mol. The van der Waals surface area contributed by atoms with Crippen LogP contribution in [0.4, 0.5) is 15.3 Å². The average Bonchev–Trinajstić information content (AvgIpc) is 1.57. The Bertz CT molecular complexity index is 3660. The van der Waals surface area contributed by atoms with E-state index in [1.807, 2.05) is 72.2 Å². The topological polar surface area (TPSA) is 281 Å². The van der Waals surface area contributed by atoms with Crippen LogP contribution in [0.3, 0.4) is 0 Å². The molecule has 0 spiro atoms. The Hall–Kier alpha value is -8.81. The quantitative estimate of drug-likeness (QED) is 0.0269. The number of aliphatic hydroxyl groups is 1. The van der Waals surface area contributed by atoms with Gasteiger partial charge in [0.1, 0.15) is 47.3 Å². The number of anilines is 1. The highest BCUT2D eigenvalue weighted by atomic mass is 35.5. The zero-order chi connectivity index (χ0) is 66.3. The third-order valence-corrected chi connectivity index (χ3v) is 18.2. The number of hydrazine groups is 1. The van der Waals surface area contributed by atoms with E-state index in [-0.39, 0.29) is 36.9 Å². The third-order valence-electron chi connectivity index (χ3n) is 17.8. The molecule has 5 aromatic rings. The zero-order valence-corrected chi connectivity index (χ0v) is 54.0. The molecule has 1 unspecified atom stereocenters. The third kappa shape index (κ3) is 15.1. The van der Waals surface area contributed by atoms with Crippen molar-refractivity contribution in [1.82, 2.24) is 40.8 Å². The van der Waals surface area contributed by atoms with Gasteiger partial charge in [-0.1, -0.05) is 109 Å². The number of carbonyl (C=O) groups is 8. The first-order valence-corrected chi connectivity index (χ1v) is 30.7.